The Morgan fingerprint density at radius 3 is 2.78 bits per heavy atom. The highest BCUT2D eigenvalue weighted by Crippen LogP contribution is 2.26. The quantitative estimate of drug-likeness (QED) is 0.776. The summed E-state index contributed by atoms with van der Waals surface area (Å²) in [6, 6.07) is 1.76. The molecule has 0 aromatic carbocycles. The van der Waals surface area contributed by atoms with Gasteiger partial charge in [0.1, 0.15) is 5.69 Å². The highest BCUT2D eigenvalue weighted by Gasteiger charge is 2.24. The third-order valence-electron chi connectivity index (χ3n) is 3.53. The van der Waals surface area contributed by atoms with Crippen LogP contribution in [0.25, 0.3) is 0 Å². The minimum atomic E-state index is -0.108. The molecule has 1 aromatic heterocycles. The number of nitrogens with two attached hydrogens (primary N) is 1. The lowest BCUT2D eigenvalue weighted by atomic mass is 9.84. The second kappa shape index (κ2) is 7.38. The monoisotopic (exact) mass is 272 g/mol. The molecule has 4 N–H and O–H groups in total. The molecular weight excluding hydrogens is 252 g/mol. The molecule has 1 unspecified atom stereocenters. The number of carbonyl (C=O) groups is 1. The number of hydrogen-bond acceptors (Lipinski definition) is 3. The molecule has 1 aliphatic rings. The van der Waals surface area contributed by atoms with Crippen molar-refractivity contribution in [3.05, 3.63) is 18.0 Å². The maximum absolute atomic E-state index is 11.9. The van der Waals surface area contributed by atoms with E-state index in [-0.39, 0.29) is 24.4 Å². The van der Waals surface area contributed by atoms with Crippen molar-refractivity contribution in [1.82, 2.24) is 15.5 Å². The van der Waals surface area contributed by atoms with Crippen LogP contribution in [0.15, 0.2) is 12.3 Å². The SMILES string of the molecule is Cl.NCC(NC(=O)c1ccn[nH]1)C1CCCCC1. The highest BCUT2D eigenvalue weighted by atomic mass is 35.5. The molecule has 6 heteroatoms. The topological polar surface area (TPSA) is 83.8 Å². The van der Waals surface area contributed by atoms with Crippen LogP contribution in [0.1, 0.15) is 42.6 Å². The van der Waals surface area contributed by atoms with Crippen molar-refractivity contribution in [2.45, 2.75) is 38.1 Å². The van der Waals surface area contributed by atoms with Crippen molar-refractivity contribution < 1.29 is 4.79 Å². The van der Waals surface area contributed by atoms with Gasteiger partial charge >= 0.3 is 0 Å². The Hall–Kier alpha value is -1.07. The van der Waals surface area contributed by atoms with Crippen molar-refractivity contribution in [2.75, 3.05) is 6.54 Å². The van der Waals surface area contributed by atoms with Gasteiger partial charge in [-0.2, -0.15) is 5.10 Å². The Balaban J connectivity index is 0.00000162. The van der Waals surface area contributed by atoms with Crippen molar-refractivity contribution in [2.24, 2.45) is 11.7 Å². The van der Waals surface area contributed by atoms with Gasteiger partial charge in [-0.1, -0.05) is 19.3 Å². The predicted octanol–water partition coefficient (Wildman–Crippen LogP) is 1.47. The first-order valence-corrected chi connectivity index (χ1v) is 6.31. The summed E-state index contributed by atoms with van der Waals surface area (Å²) in [6.07, 6.45) is 7.73. The van der Waals surface area contributed by atoms with Gasteiger partial charge in [0, 0.05) is 18.8 Å². The maximum atomic E-state index is 11.9. The van der Waals surface area contributed by atoms with Crippen LogP contribution < -0.4 is 11.1 Å². The summed E-state index contributed by atoms with van der Waals surface area (Å²) < 4.78 is 0. The Morgan fingerprint density at radius 1 is 1.50 bits per heavy atom. The predicted molar refractivity (Wildman–Crippen MR) is 72.7 cm³/mol. The second-order valence-corrected chi connectivity index (χ2v) is 4.68. The molecule has 0 aliphatic heterocycles. The third kappa shape index (κ3) is 3.71. The highest BCUT2D eigenvalue weighted by molar-refractivity contribution is 5.92. The number of carbonyl (C=O) groups excluding carboxylic acids is 1. The van der Waals surface area contributed by atoms with E-state index in [9.17, 15) is 4.79 Å². The lowest BCUT2D eigenvalue weighted by Gasteiger charge is -2.29. The first-order valence-electron chi connectivity index (χ1n) is 6.31. The molecule has 1 heterocycles. The molecular formula is C12H21ClN4O. The van der Waals surface area contributed by atoms with Crippen LogP contribution in [-0.2, 0) is 0 Å². The standard InChI is InChI=1S/C12H20N4O.ClH/c13-8-11(9-4-2-1-3-5-9)15-12(17)10-6-7-14-16-10;/h6-7,9,11H,1-5,8,13H2,(H,14,16)(H,15,17);1H. The molecule has 0 spiro atoms. The summed E-state index contributed by atoms with van der Waals surface area (Å²) in [7, 11) is 0. The van der Waals surface area contributed by atoms with Crippen LogP contribution in [-0.4, -0.2) is 28.7 Å². The molecule has 2 rings (SSSR count). The van der Waals surface area contributed by atoms with Crippen LogP contribution in [0, 0.1) is 5.92 Å². The Bertz CT molecular complexity index is 349. The van der Waals surface area contributed by atoms with Crippen molar-refractivity contribution >= 4 is 18.3 Å². The Kier molecular flexibility index (Phi) is 6.15. The van der Waals surface area contributed by atoms with Gasteiger partial charge in [0.25, 0.3) is 5.91 Å². The first-order chi connectivity index (χ1) is 8.31. The number of nitrogens with zero attached hydrogens (tertiary/aromatic N) is 1. The normalized spacial score (nSPS) is 17.8. The van der Waals surface area contributed by atoms with Crippen LogP contribution >= 0.6 is 12.4 Å². The minimum absolute atomic E-state index is 0. The summed E-state index contributed by atoms with van der Waals surface area (Å²) in [5.74, 6) is 0.421. The summed E-state index contributed by atoms with van der Waals surface area (Å²) in [5, 5.41) is 9.44. The number of H-pyrrole nitrogens is 1. The zero-order chi connectivity index (χ0) is 12.1. The average Bonchev–Trinajstić information content (AvgIpc) is 2.90. The van der Waals surface area contributed by atoms with Gasteiger partial charge < -0.3 is 11.1 Å². The van der Waals surface area contributed by atoms with Gasteiger partial charge in [-0.15, -0.1) is 12.4 Å². The van der Waals surface area contributed by atoms with E-state index in [1.807, 2.05) is 0 Å². The zero-order valence-electron chi connectivity index (χ0n) is 10.4. The average molecular weight is 273 g/mol. The van der Waals surface area contributed by atoms with E-state index in [1.165, 1.54) is 32.1 Å². The van der Waals surface area contributed by atoms with E-state index < -0.39 is 0 Å². The van der Waals surface area contributed by atoms with E-state index in [4.69, 9.17) is 5.73 Å². The number of hydrogen-bond donors (Lipinski definition) is 3. The van der Waals surface area contributed by atoms with Crippen LogP contribution in [0.5, 0.6) is 0 Å². The molecule has 1 amide bonds. The zero-order valence-corrected chi connectivity index (χ0v) is 11.2. The number of amides is 1. The number of halogens is 1. The van der Waals surface area contributed by atoms with Crippen molar-refractivity contribution in [1.29, 1.82) is 0 Å². The lowest BCUT2D eigenvalue weighted by molar-refractivity contribution is 0.0910. The maximum Gasteiger partial charge on any atom is 0.269 e. The molecule has 102 valence electrons. The third-order valence-corrected chi connectivity index (χ3v) is 3.53. The summed E-state index contributed by atoms with van der Waals surface area (Å²) in [5.41, 5.74) is 6.26. The smallest absolute Gasteiger partial charge is 0.269 e. The number of aromatic amines is 1. The molecule has 1 aromatic rings. The number of nitrogens with one attached hydrogen (secondary N) is 2. The number of rotatable bonds is 4. The summed E-state index contributed by atoms with van der Waals surface area (Å²) >= 11 is 0. The fourth-order valence-electron chi connectivity index (χ4n) is 2.53. The Labute approximate surface area is 113 Å². The summed E-state index contributed by atoms with van der Waals surface area (Å²) in [6.45, 7) is 0.505. The first kappa shape index (κ1) is 15.0. The van der Waals surface area contributed by atoms with Crippen LogP contribution in [0.4, 0.5) is 0 Å². The van der Waals surface area contributed by atoms with Gasteiger partial charge in [-0.05, 0) is 24.8 Å². The molecule has 18 heavy (non-hydrogen) atoms. The second-order valence-electron chi connectivity index (χ2n) is 4.68. The molecule has 0 radical (unpaired) electrons. The van der Waals surface area contributed by atoms with Gasteiger partial charge in [0.15, 0.2) is 0 Å². The minimum Gasteiger partial charge on any atom is -0.346 e. The van der Waals surface area contributed by atoms with Gasteiger partial charge in [0.05, 0.1) is 0 Å². The fourth-order valence-corrected chi connectivity index (χ4v) is 2.53. The molecule has 0 bridgehead atoms. The van der Waals surface area contributed by atoms with E-state index >= 15 is 0 Å². The van der Waals surface area contributed by atoms with E-state index in [0.717, 1.165) is 0 Å². The van der Waals surface area contributed by atoms with Crippen molar-refractivity contribution in [3.63, 3.8) is 0 Å². The molecule has 0 saturated heterocycles. The molecule has 5 nitrogen and oxygen atoms in total. The van der Waals surface area contributed by atoms with Gasteiger partial charge in [-0.3, -0.25) is 9.89 Å². The van der Waals surface area contributed by atoms with Gasteiger partial charge in [-0.25, -0.2) is 0 Å². The van der Waals surface area contributed by atoms with E-state index in [0.29, 0.717) is 18.2 Å². The fraction of sp³-hybridized carbons (Fsp3) is 0.667. The largest absolute Gasteiger partial charge is 0.346 e. The number of aromatic nitrogens is 2. The lowest BCUT2D eigenvalue weighted by Crippen LogP contribution is -2.46. The molecule has 1 atom stereocenters. The van der Waals surface area contributed by atoms with E-state index in [2.05, 4.69) is 15.5 Å². The molecule has 1 aliphatic carbocycles. The van der Waals surface area contributed by atoms with Crippen LogP contribution in [0.3, 0.4) is 0 Å². The Morgan fingerprint density at radius 2 is 2.22 bits per heavy atom. The van der Waals surface area contributed by atoms with Crippen molar-refractivity contribution in [3.8, 4) is 0 Å². The van der Waals surface area contributed by atoms with Gasteiger partial charge in [0.2, 0.25) is 0 Å². The molecule has 1 fully saturated rings. The van der Waals surface area contributed by atoms with E-state index in [1.54, 1.807) is 12.3 Å². The molecule has 1 saturated carbocycles. The summed E-state index contributed by atoms with van der Waals surface area (Å²) in [4.78, 5) is 11.9. The van der Waals surface area contributed by atoms with Crippen LogP contribution in [0.2, 0.25) is 0 Å².